The highest BCUT2D eigenvalue weighted by atomic mass is 16.7. The minimum absolute atomic E-state index is 0.0199. The lowest BCUT2D eigenvalue weighted by atomic mass is 9.88. The molecule has 1 aromatic heterocycles. The molecule has 2 aromatic carbocycles. The van der Waals surface area contributed by atoms with Crippen LogP contribution >= 0.6 is 0 Å². The van der Waals surface area contributed by atoms with Gasteiger partial charge in [-0.25, -0.2) is 0 Å². The number of nitrogens with zero attached hydrogens (tertiary/aromatic N) is 1. The van der Waals surface area contributed by atoms with Crippen molar-refractivity contribution >= 4 is 5.78 Å². The quantitative estimate of drug-likeness (QED) is 0.673. The van der Waals surface area contributed by atoms with Gasteiger partial charge in [0.2, 0.25) is 6.79 Å². The molecule has 3 aromatic rings. The second-order valence-corrected chi connectivity index (χ2v) is 8.00. The van der Waals surface area contributed by atoms with Crippen LogP contribution in [0.15, 0.2) is 54.6 Å². The molecule has 152 valence electrons. The van der Waals surface area contributed by atoms with Crippen molar-refractivity contribution in [3.63, 3.8) is 0 Å². The molecule has 5 nitrogen and oxygen atoms in total. The van der Waals surface area contributed by atoms with E-state index in [1.165, 1.54) is 0 Å². The number of ketones is 1. The van der Waals surface area contributed by atoms with Gasteiger partial charge in [0.15, 0.2) is 11.5 Å². The van der Waals surface area contributed by atoms with Gasteiger partial charge < -0.3 is 14.6 Å². The zero-order valence-electron chi connectivity index (χ0n) is 16.9. The first-order valence-electron chi connectivity index (χ1n) is 10.2. The fraction of sp³-hybridized carbons (Fsp3) is 0.280. The van der Waals surface area contributed by atoms with Crippen molar-refractivity contribution in [2.45, 2.75) is 38.2 Å². The SMILES string of the molecule is Cc1nc(CC(=O)C2(c3ccc4c(c3)OCO4)CC2)ccc1-c1ccccc1CO. The number of aryl methyl sites for hydroxylation is 1. The first-order chi connectivity index (χ1) is 14.6. The molecule has 5 rings (SSSR count). The minimum atomic E-state index is -0.432. The third-order valence-electron chi connectivity index (χ3n) is 6.17. The van der Waals surface area contributed by atoms with Gasteiger partial charge in [-0.2, -0.15) is 0 Å². The second-order valence-electron chi connectivity index (χ2n) is 8.00. The van der Waals surface area contributed by atoms with Crippen molar-refractivity contribution in [2.24, 2.45) is 0 Å². The molecule has 5 heteroatoms. The first-order valence-corrected chi connectivity index (χ1v) is 10.2. The molecule has 0 spiro atoms. The maximum Gasteiger partial charge on any atom is 0.231 e. The number of carbonyl (C=O) groups is 1. The summed E-state index contributed by atoms with van der Waals surface area (Å²) >= 11 is 0. The zero-order chi connectivity index (χ0) is 20.7. The van der Waals surface area contributed by atoms with E-state index < -0.39 is 5.41 Å². The summed E-state index contributed by atoms with van der Waals surface area (Å²) in [4.78, 5) is 17.9. The number of pyridine rings is 1. The average molecular weight is 401 g/mol. The molecule has 1 saturated carbocycles. The fourth-order valence-electron chi connectivity index (χ4n) is 4.30. The van der Waals surface area contributed by atoms with E-state index >= 15 is 0 Å². The van der Waals surface area contributed by atoms with Gasteiger partial charge in [0.05, 0.1) is 12.0 Å². The average Bonchev–Trinajstić information content (AvgIpc) is 3.45. The van der Waals surface area contributed by atoms with Crippen molar-refractivity contribution in [1.82, 2.24) is 4.98 Å². The molecule has 1 fully saturated rings. The lowest BCUT2D eigenvalue weighted by Gasteiger charge is -2.16. The Morgan fingerprint density at radius 2 is 1.83 bits per heavy atom. The topological polar surface area (TPSA) is 68.7 Å². The summed E-state index contributed by atoms with van der Waals surface area (Å²) < 4.78 is 10.9. The number of fused-ring (bicyclic) bond motifs is 1. The molecular formula is C25H23NO4. The van der Waals surface area contributed by atoms with Gasteiger partial charge >= 0.3 is 0 Å². The van der Waals surface area contributed by atoms with Crippen LogP contribution in [0, 0.1) is 6.92 Å². The van der Waals surface area contributed by atoms with E-state index in [0.29, 0.717) is 12.2 Å². The number of carbonyl (C=O) groups excluding carboxylic acids is 1. The van der Waals surface area contributed by atoms with E-state index in [0.717, 1.165) is 52.2 Å². The zero-order valence-corrected chi connectivity index (χ0v) is 16.9. The summed E-state index contributed by atoms with van der Waals surface area (Å²) in [7, 11) is 0. The molecule has 0 bridgehead atoms. The number of aliphatic hydroxyl groups excluding tert-OH is 1. The number of benzene rings is 2. The van der Waals surface area contributed by atoms with Gasteiger partial charge in [-0.05, 0) is 54.7 Å². The van der Waals surface area contributed by atoms with Crippen LogP contribution in [-0.2, 0) is 23.2 Å². The molecule has 0 atom stereocenters. The lowest BCUT2D eigenvalue weighted by molar-refractivity contribution is -0.120. The summed E-state index contributed by atoms with van der Waals surface area (Å²) in [5.41, 5.74) is 5.02. The summed E-state index contributed by atoms with van der Waals surface area (Å²) in [6.45, 7) is 2.16. The van der Waals surface area contributed by atoms with E-state index in [1.54, 1.807) is 0 Å². The van der Waals surface area contributed by atoms with Gasteiger partial charge in [-0.15, -0.1) is 0 Å². The number of Topliss-reactive ketones (excluding diaryl/α,β-unsaturated/α-hetero) is 1. The van der Waals surface area contributed by atoms with E-state index in [2.05, 4.69) is 0 Å². The van der Waals surface area contributed by atoms with E-state index in [4.69, 9.17) is 14.5 Å². The van der Waals surface area contributed by atoms with Crippen LogP contribution in [0.5, 0.6) is 11.5 Å². The Kier molecular flexibility index (Phi) is 4.55. The third kappa shape index (κ3) is 3.15. The highest BCUT2D eigenvalue weighted by Crippen LogP contribution is 2.51. The van der Waals surface area contributed by atoms with Crippen molar-refractivity contribution in [3.8, 4) is 22.6 Å². The molecule has 0 amide bonds. The fourth-order valence-corrected chi connectivity index (χ4v) is 4.30. The van der Waals surface area contributed by atoms with Gasteiger partial charge in [0, 0.05) is 23.4 Å². The minimum Gasteiger partial charge on any atom is -0.454 e. The number of aliphatic hydroxyl groups is 1. The number of hydrogen-bond acceptors (Lipinski definition) is 5. The highest BCUT2D eigenvalue weighted by molar-refractivity contribution is 5.94. The Labute approximate surface area is 175 Å². The molecule has 0 saturated heterocycles. The summed E-state index contributed by atoms with van der Waals surface area (Å²) in [6.07, 6.45) is 2.01. The van der Waals surface area contributed by atoms with Crippen LogP contribution < -0.4 is 9.47 Å². The van der Waals surface area contributed by atoms with Gasteiger partial charge in [-0.1, -0.05) is 36.4 Å². The number of aromatic nitrogens is 1. The number of ether oxygens (including phenoxy) is 2. The molecule has 30 heavy (non-hydrogen) atoms. The molecule has 2 heterocycles. The van der Waals surface area contributed by atoms with Crippen LogP contribution in [-0.4, -0.2) is 22.7 Å². The summed E-state index contributed by atoms with van der Waals surface area (Å²) in [5.74, 6) is 1.64. The van der Waals surface area contributed by atoms with E-state index in [1.807, 2.05) is 61.5 Å². The molecule has 1 N–H and O–H groups in total. The van der Waals surface area contributed by atoms with E-state index in [9.17, 15) is 9.90 Å². The first kappa shape index (κ1) is 18.8. The highest BCUT2D eigenvalue weighted by Gasteiger charge is 2.51. The monoisotopic (exact) mass is 401 g/mol. The molecular weight excluding hydrogens is 378 g/mol. The third-order valence-corrected chi connectivity index (χ3v) is 6.17. The number of hydrogen-bond donors (Lipinski definition) is 1. The van der Waals surface area contributed by atoms with E-state index in [-0.39, 0.29) is 19.2 Å². The van der Waals surface area contributed by atoms with Crippen LogP contribution in [0.1, 0.15) is 35.4 Å². The Bertz CT molecular complexity index is 1130. The lowest BCUT2D eigenvalue weighted by Crippen LogP contribution is -2.23. The van der Waals surface area contributed by atoms with Gasteiger partial charge in [0.25, 0.3) is 0 Å². The second kappa shape index (κ2) is 7.26. The van der Waals surface area contributed by atoms with Crippen molar-refractivity contribution in [1.29, 1.82) is 0 Å². The molecule has 2 aliphatic rings. The maximum absolute atomic E-state index is 13.2. The molecule has 0 unspecified atom stereocenters. The van der Waals surface area contributed by atoms with Crippen LogP contribution in [0.4, 0.5) is 0 Å². The normalized spacial score (nSPS) is 15.8. The molecule has 0 radical (unpaired) electrons. The summed E-state index contributed by atoms with van der Waals surface area (Å²) in [6, 6.07) is 17.5. The van der Waals surface area contributed by atoms with Crippen LogP contribution in [0.2, 0.25) is 0 Å². The summed E-state index contributed by atoms with van der Waals surface area (Å²) in [5, 5.41) is 9.63. The molecule has 1 aliphatic carbocycles. The van der Waals surface area contributed by atoms with Crippen molar-refractivity contribution in [2.75, 3.05) is 6.79 Å². The Morgan fingerprint density at radius 1 is 1.03 bits per heavy atom. The Morgan fingerprint density at radius 3 is 2.60 bits per heavy atom. The standard InChI is InChI=1S/C25H23NO4/c1-16-20(21-5-3-2-4-17(21)14-27)8-7-19(26-16)13-24(28)25(10-11-25)18-6-9-22-23(12-18)30-15-29-22/h2-9,12,27H,10-11,13-15H2,1H3. The van der Waals surface area contributed by atoms with Gasteiger partial charge in [-0.3, -0.25) is 9.78 Å². The van der Waals surface area contributed by atoms with Crippen molar-refractivity contribution in [3.05, 3.63) is 77.1 Å². The predicted octanol–water partition coefficient (Wildman–Crippen LogP) is 4.12. The predicted molar refractivity (Wildman–Crippen MR) is 113 cm³/mol. The van der Waals surface area contributed by atoms with Gasteiger partial charge in [0.1, 0.15) is 5.78 Å². The molecule has 1 aliphatic heterocycles. The Hall–Kier alpha value is -3.18. The maximum atomic E-state index is 13.2. The smallest absolute Gasteiger partial charge is 0.231 e. The van der Waals surface area contributed by atoms with Crippen LogP contribution in [0.3, 0.4) is 0 Å². The van der Waals surface area contributed by atoms with Crippen molar-refractivity contribution < 1.29 is 19.4 Å². The van der Waals surface area contributed by atoms with Crippen LogP contribution in [0.25, 0.3) is 11.1 Å². The largest absolute Gasteiger partial charge is 0.454 e. The number of rotatable bonds is 6. The Balaban J connectivity index is 1.38.